The number of ether oxygens (including phenoxy) is 1. The summed E-state index contributed by atoms with van der Waals surface area (Å²) in [6.07, 6.45) is 0. The molecule has 0 bridgehead atoms. The standard InChI is InChI=1S/C29H22O2/c1-30-24-16-10-15-23(19-24)25-17-8-9-18-26(25)28-20-27(21-11-4-2-5-12-21)29(31-28)22-13-6-3-7-14-22/h2-20H,1H3. The largest absolute Gasteiger partial charge is 0.497 e. The number of hydrogen-bond donors (Lipinski definition) is 0. The predicted octanol–water partition coefficient (Wildman–Crippen LogP) is 7.96. The second kappa shape index (κ2) is 8.37. The third-order valence-corrected chi connectivity index (χ3v) is 5.43. The molecule has 4 aromatic carbocycles. The molecule has 31 heavy (non-hydrogen) atoms. The minimum atomic E-state index is 0.835. The van der Waals surface area contributed by atoms with E-state index in [-0.39, 0.29) is 0 Å². The molecule has 0 unspecified atom stereocenters. The first-order valence-electron chi connectivity index (χ1n) is 10.3. The molecule has 0 saturated carbocycles. The fourth-order valence-corrected chi connectivity index (χ4v) is 3.90. The quantitative estimate of drug-likeness (QED) is 0.297. The van der Waals surface area contributed by atoms with Crippen LogP contribution in [0.1, 0.15) is 0 Å². The molecule has 0 fully saturated rings. The van der Waals surface area contributed by atoms with Crippen molar-refractivity contribution in [3.05, 3.63) is 115 Å². The highest BCUT2D eigenvalue weighted by Gasteiger charge is 2.18. The second-order valence-electron chi connectivity index (χ2n) is 7.36. The molecule has 1 heterocycles. The van der Waals surface area contributed by atoms with Crippen LogP contribution in [0.25, 0.3) is 44.9 Å². The van der Waals surface area contributed by atoms with Crippen molar-refractivity contribution in [1.82, 2.24) is 0 Å². The van der Waals surface area contributed by atoms with Gasteiger partial charge in [-0.25, -0.2) is 0 Å². The molecule has 1 aromatic heterocycles. The van der Waals surface area contributed by atoms with Crippen molar-refractivity contribution in [1.29, 1.82) is 0 Å². The van der Waals surface area contributed by atoms with E-state index < -0.39 is 0 Å². The average Bonchev–Trinajstić information content (AvgIpc) is 3.31. The molecule has 0 amide bonds. The molecule has 0 aliphatic carbocycles. The monoisotopic (exact) mass is 402 g/mol. The smallest absolute Gasteiger partial charge is 0.142 e. The van der Waals surface area contributed by atoms with Crippen molar-refractivity contribution in [3.63, 3.8) is 0 Å². The van der Waals surface area contributed by atoms with E-state index in [1.165, 1.54) is 0 Å². The van der Waals surface area contributed by atoms with E-state index in [4.69, 9.17) is 9.15 Å². The molecule has 2 heteroatoms. The number of benzene rings is 4. The lowest BCUT2D eigenvalue weighted by Gasteiger charge is -2.09. The summed E-state index contributed by atoms with van der Waals surface area (Å²) in [5.41, 5.74) is 6.53. The van der Waals surface area contributed by atoms with Crippen molar-refractivity contribution in [2.75, 3.05) is 7.11 Å². The van der Waals surface area contributed by atoms with Gasteiger partial charge in [0.2, 0.25) is 0 Å². The van der Waals surface area contributed by atoms with Gasteiger partial charge in [-0.3, -0.25) is 0 Å². The lowest BCUT2D eigenvalue weighted by Crippen LogP contribution is -1.86. The maximum Gasteiger partial charge on any atom is 0.142 e. The van der Waals surface area contributed by atoms with Crippen LogP contribution < -0.4 is 4.74 Å². The van der Waals surface area contributed by atoms with Crippen LogP contribution in [0, 0.1) is 0 Å². The summed E-state index contributed by atoms with van der Waals surface area (Å²) < 4.78 is 12.0. The number of hydrogen-bond acceptors (Lipinski definition) is 2. The van der Waals surface area contributed by atoms with Crippen LogP contribution in [-0.4, -0.2) is 7.11 Å². The summed E-state index contributed by atoms with van der Waals surface area (Å²) in [6.45, 7) is 0. The maximum absolute atomic E-state index is 6.53. The molecule has 2 nitrogen and oxygen atoms in total. The Labute approximate surface area is 182 Å². The molecule has 0 radical (unpaired) electrons. The summed E-state index contributed by atoms with van der Waals surface area (Å²) in [7, 11) is 1.69. The topological polar surface area (TPSA) is 22.4 Å². The van der Waals surface area contributed by atoms with E-state index in [0.29, 0.717) is 0 Å². The van der Waals surface area contributed by atoms with Gasteiger partial charge in [0.25, 0.3) is 0 Å². The highest BCUT2D eigenvalue weighted by molar-refractivity contribution is 5.88. The second-order valence-corrected chi connectivity index (χ2v) is 7.36. The molecular weight excluding hydrogens is 380 g/mol. The van der Waals surface area contributed by atoms with Gasteiger partial charge in [0.15, 0.2) is 0 Å². The van der Waals surface area contributed by atoms with Crippen LogP contribution in [0.5, 0.6) is 5.75 Å². The molecule has 0 atom stereocenters. The molecule has 0 spiro atoms. The summed E-state index contributed by atoms with van der Waals surface area (Å²) >= 11 is 0. The Morgan fingerprint density at radius 3 is 1.84 bits per heavy atom. The first kappa shape index (κ1) is 19.0. The zero-order chi connectivity index (χ0) is 21.0. The molecule has 0 aliphatic heterocycles. The van der Waals surface area contributed by atoms with E-state index in [1.807, 2.05) is 42.5 Å². The van der Waals surface area contributed by atoms with Crippen LogP contribution in [0.3, 0.4) is 0 Å². The highest BCUT2D eigenvalue weighted by atomic mass is 16.5. The van der Waals surface area contributed by atoms with Gasteiger partial charge in [-0.15, -0.1) is 0 Å². The van der Waals surface area contributed by atoms with Gasteiger partial charge in [0.05, 0.1) is 7.11 Å². The fraction of sp³-hybridized carbons (Fsp3) is 0.0345. The molecule has 0 saturated heterocycles. The van der Waals surface area contributed by atoms with Gasteiger partial charge < -0.3 is 9.15 Å². The van der Waals surface area contributed by atoms with Gasteiger partial charge >= 0.3 is 0 Å². The van der Waals surface area contributed by atoms with Gasteiger partial charge in [0, 0.05) is 16.7 Å². The van der Waals surface area contributed by atoms with Crippen molar-refractivity contribution in [2.24, 2.45) is 0 Å². The van der Waals surface area contributed by atoms with Crippen molar-refractivity contribution >= 4 is 0 Å². The van der Waals surface area contributed by atoms with Crippen LogP contribution in [0.2, 0.25) is 0 Å². The highest BCUT2D eigenvalue weighted by Crippen LogP contribution is 2.41. The molecule has 150 valence electrons. The maximum atomic E-state index is 6.53. The predicted molar refractivity (Wildman–Crippen MR) is 127 cm³/mol. The Bertz CT molecular complexity index is 1240. The third kappa shape index (κ3) is 3.76. The average molecular weight is 402 g/mol. The Balaban J connectivity index is 1.70. The van der Waals surface area contributed by atoms with E-state index in [0.717, 1.165) is 50.7 Å². The first-order valence-corrected chi connectivity index (χ1v) is 10.3. The van der Waals surface area contributed by atoms with E-state index in [2.05, 4.69) is 72.8 Å². The van der Waals surface area contributed by atoms with Crippen LogP contribution >= 0.6 is 0 Å². The van der Waals surface area contributed by atoms with E-state index in [1.54, 1.807) is 7.11 Å². The van der Waals surface area contributed by atoms with Crippen LogP contribution in [-0.2, 0) is 0 Å². The molecule has 5 aromatic rings. The summed E-state index contributed by atoms with van der Waals surface area (Å²) in [6, 6.07) is 39.3. The van der Waals surface area contributed by atoms with Gasteiger partial charge in [0.1, 0.15) is 17.3 Å². The minimum absolute atomic E-state index is 0.835. The molecule has 0 N–H and O–H groups in total. The summed E-state index contributed by atoms with van der Waals surface area (Å²) in [5.74, 6) is 2.56. The van der Waals surface area contributed by atoms with Gasteiger partial charge in [-0.2, -0.15) is 0 Å². The lowest BCUT2D eigenvalue weighted by molar-refractivity contribution is 0.415. The lowest BCUT2D eigenvalue weighted by atomic mass is 9.97. The van der Waals surface area contributed by atoms with Crippen molar-refractivity contribution < 1.29 is 9.15 Å². The van der Waals surface area contributed by atoms with Gasteiger partial charge in [-0.1, -0.05) is 97.1 Å². The third-order valence-electron chi connectivity index (χ3n) is 5.43. The number of furan rings is 1. The fourth-order valence-electron chi connectivity index (χ4n) is 3.90. The van der Waals surface area contributed by atoms with E-state index in [9.17, 15) is 0 Å². The zero-order valence-corrected chi connectivity index (χ0v) is 17.3. The molecular formula is C29H22O2. The Morgan fingerprint density at radius 2 is 1.13 bits per heavy atom. The van der Waals surface area contributed by atoms with Crippen molar-refractivity contribution in [3.8, 4) is 50.7 Å². The molecule has 5 rings (SSSR count). The summed E-state index contributed by atoms with van der Waals surface area (Å²) in [5, 5.41) is 0. The van der Waals surface area contributed by atoms with Gasteiger partial charge in [-0.05, 0) is 34.9 Å². The van der Waals surface area contributed by atoms with Crippen LogP contribution in [0.4, 0.5) is 0 Å². The van der Waals surface area contributed by atoms with Crippen LogP contribution in [0.15, 0.2) is 120 Å². The van der Waals surface area contributed by atoms with Crippen molar-refractivity contribution in [2.45, 2.75) is 0 Å². The number of methoxy groups -OCH3 is 1. The molecule has 0 aliphatic rings. The minimum Gasteiger partial charge on any atom is -0.497 e. The Hall–Kier alpha value is -4.04. The first-order chi connectivity index (χ1) is 15.3. The normalized spacial score (nSPS) is 10.7. The SMILES string of the molecule is COc1cccc(-c2ccccc2-c2cc(-c3ccccc3)c(-c3ccccc3)o2)c1. The Kier molecular flexibility index (Phi) is 5.12. The van der Waals surface area contributed by atoms with E-state index >= 15 is 0 Å². The Morgan fingerprint density at radius 1 is 0.516 bits per heavy atom. The number of rotatable bonds is 5. The zero-order valence-electron chi connectivity index (χ0n) is 17.3. The summed E-state index contributed by atoms with van der Waals surface area (Å²) in [4.78, 5) is 0.